The number of nitrogens with one attached hydrogen (secondary N) is 2. The van der Waals surface area contributed by atoms with Crippen molar-refractivity contribution in [3.05, 3.63) is 35.9 Å². The SMILES string of the molecule is CN1CCC(C(NS(=O)(=O)Cc2ccccc2)C(=O)NCC=O)CC1. The van der Waals surface area contributed by atoms with E-state index in [0.29, 0.717) is 11.8 Å². The first-order valence-corrected chi connectivity index (χ1v) is 10.0. The highest BCUT2D eigenvalue weighted by molar-refractivity contribution is 7.88. The van der Waals surface area contributed by atoms with Crippen LogP contribution in [0.25, 0.3) is 0 Å². The third kappa shape index (κ3) is 6.22. The predicted molar refractivity (Wildman–Crippen MR) is 95.3 cm³/mol. The number of nitrogens with zero attached hydrogens (tertiary/aromatic N) is 1. The minimum Gasteiger partial charge on any atom is -0.348 e. The summed E-state index contributed by atoms with van der Waals surface area (Å²) in [5, 5.41) is 2.48. The Morgan fingerprint density at radius 2 is 1.92 bits per heavy atom. The van der Waals surface area contributed by atoms with Gasteiger partial charge in [0.2, 0.25) is 15.9 Å². The molecule has 1 aliphatic heterocycles. The fourth-order valence-corrected chi connectivity index (χ4v) is 4.41. The van der Waals surface area contributed by atoms with Crippen molar-refractivity contribution in [3.63, 3.8) is 0 Å². The first kappa shape index (κ1) is 19.6. The van der Waals surface area contributed by atoms with Crippen molar-refractivity contribution in [2.45, 2.75) is 24.6 Å². The van der Waals surface area contributed by atoms with Crippen LogP contribution in [0.2, 0.25) is 0 Å². The van der Waals surface area contributed by atoms with E-state index in [4.69, 9.17) is 0 Å². The highest BCUT2D eigenvalue weighted by atomic mass is 32.2. The van der Waals surface area contributed by atoms with Gasteiger partial charge in [-0.15, -0.1) is 0 Å². The molecule has 1 atom stereocenters. The summed E-state index contributed by atoms with van der Waals surface area (Å²) in [6.45, 7) is 1.49. The van der Waals surface area contributed by atoms with Crippen LogP contribution >= 0.6 is 0 Å². The Kier molecular flexibility index (Phi) is 7.10. The number of piperidine rings is 1. The van der Waals surface area contributed by atoms with E-state index in [0.717, 1.165) is 25.9 Å². The minimum atomic E-state index is -3.68. The van der Waals surface area contributed by atoms with Gasteiger partial charge in [-0.3, -0.25) is 4.79 Å². The van der Waals surface area contributed by atoms with E-state index in [2.05, 4.69) is 14.9 Å². The topological polar surface area (TPSA) is 95.6 Å². The van der Waals surface area contributed by atoms with Crippen molar-refractivity contribution in [2.24, 2.45) is 5.92 Å². The lowest BCUT2D eigenvalue weighted by atomic mass is 9.89. The quantitative estimate of drug-likeness (QED) is 0.637. The summed E-state index contributed by atoms with van der Waals surface area (Å²) in [4.78, 5) is 25.1. The molecule has 2 rings (SSSR count). The number of sulfonamides is 1. The second kappa shape index (κ2) is 9.07. The van der Waals surface area contributed by atoms with E-state index in [1.807, 2.05) is 13.1 Å². The number of likely N-dealkylation sites (tertiary alicyclic amines) is 1. The lowest BCUT2D eigenvalue weighted by Crippen LogP contribution is -2.53. The van der Waals surface area contributed by atoms with E-state index >= 15 is 0 Å². The number of amides is 1. The fraction of sp³-hybridized carbons (Fsp3) is 0.529. The smallest absolute Gasteiger partial charge is 0.238 e. The molecule has 0 saturated carbocycles. The van der Waals surface area contributed by atoms with Crippen molar-refractivity contribution in [3.8, 4) is 0 Å². The molecule has 1 saturated heterocycles. The zero-order valence-electron chi connectivity index (χ0n) is 14.3. The van der Waals surface area contributed by atoms with E-state index in [-0.39, 0.29) is 18.2 Å². The molecule has 8 heteroatoms. The predicted octanol–water partition coefficient (Wildman–Crippen LogP) is 0.132. The Hall–Kier alpha value is -1.77. The van der Waals surface area contributed by atoms with Crippen LogP contribution in [0.15, 0.2) is 30.3 Å². The Labute approximate surface area is 148 Å². The second-order valence-corrected chi connectivity index (χ2v) is 8.15. The zero-order chi connectivity index (χ0) is 18.3. The normalized spacial score (nSPS) is 17.8. The van der Waals surface area contributed by atoms with Gasteiger partial charge in [-0.2, -0.15) is 0 Å². The van der Waals surface area contributed by atoms with Gasteiger partial charge in [-0.1, -0.05) is 30.3 Å². The third-order valence-electron chi connectivity index (χ3n) is 4.38. The fourth-order valence-electron chi connectivity index (χ4n) is 3.01. The number of benzene rings is 1. The van der Waals surface area contributed by atoms with Crippen LogP contribution in [0, 0.1) is 5.92 Å². The van der Waals surface area contributed by atoms with Gasteiger partial charge >= 0.3 is 0 Å². The van der Waals surface area contributed by atoms with Crippen LogP contribution in [0.4, 0.5) is 0 Å². The maximum absolute atomic E-state index is 12.5. The molecule has 1 heterocycles. The van der Waals surface area contributed by atoms with Crippen molar-refractivity contribution in [1.29, 1.82) is 0 Å². The summed E-state index contributed by atoms with van der Waals surface area (Å²) in [7, 11) is -1.68. The molecule has 0 aromatic heterocycles. The standard InChI is InChI=1S/C17H25N3O4S/c1-20-10-7-15(8-11-20)16(17(22)18-9-12-21)19-25(23,24)13-14-5-3-2-4-6-14/h2-6,12,15-16,19H,7-11,13H2,1H3,(H,18,22). The lowest BCUT2D eigenvalue weighted by molar-refractivity contribution is -0.125. The molecular formula is C17H25N3O4S. The Balaban J connectivity index is 2.10. The average molecular weight is 367 g/mol. The largest absolute Gasteiger partial charge is 0.348 e. The Morgan fingerprint density at radius 3 is 2.52 bits per heavy atom. The monoisotopic (exact) mass is 367 g/mol. The Bertz CT molecular complexity index is 670. The maximum Gasteiger partial charge on any atom is 0.238 e. The summed E-state index contributed by atoms with van der Waals surface area (Å²) < 4.78 is 27.6. The van der Waals surface area contributed by atoms with Crippen LogP contribution in [0.3, 0.4) is 0 Å². The summed E-state index contributed by atoms with van der Waals surface area (Å²) >= 11 is 0. The molecule has 1 amide bonds. The highest BCUT2D eigenvalue weighted by Crippen LogP contribution is 2.21. The molecule has 0 aliphatic carbocycles. The summed E-state index contributed by atoms with van der Waals surface area (Å²) in [5.74, 6) is -0.718. The van der Waals surface area contributed by atoms with Crippen LogP contribution in [-0.2, 0) is 25.4 Å². The molecule has 1 fully saturated rings. The van der Waals surface area contributed by atoms with Gasteiger partial charge in [0.1, 0.15) is 12.3 Å². The van der Waals surface area contributed by atoms with Crippen LogP contribution < -0.4 is 10.0 Å². The number of rotatable bonds is 8. The maximum atomic E-state index is 12.5. The van der Waals surface area contributed by atoms with E-state index in [1.54, 1.807) is 24.3 Å². The van der Waals surface area contributed by atoms with E-state index in [9.17, 15) is 18.0 Å². The van der Waals surface area contributed by atoms with E-state index in [1.165, 1.54) is 0 Å². The van der Waals surface area contributed by atoms with Gasteiger partial charge in [-0.05, 0) is 44.5 Å². The number of aldehydes is 1. The van der Waals surface area contributed by atoms with Crippen molar-refractivity contribution >= 4 is 22.2 Å². The minimum absolute atomic E-state index is 0.0894. The van der Waals surface area contributed by atoms with Gasteiger partial charge in [0.05, 0.1) is 12.3 Å². The first-order valence-electron chi connectivity index (χ1n) is 8.35. The van der Waals surface area contributed by atoms with Gasteiger partial charge in [-0.25, -0.2) is 13.1 Å². The molecule has 138 valence electrons. The number of carbonyl (C=O) groups excluding carboxylic acids is 2. The summed E-state index contributed by atoms with van der Waals surface area (Å²) in [6, 6.07) is 7.97. The molecule has 2 N–H and O–H groups in total. The summed E-state index contributed by atoms with van der Waals surface area (Å²) in [5.41, 5.74) is 0.658. The van der Waals surface area contributed by atoms with Crippen molar-refractivity contribution < 1.29 is 18.0 Å². The van der Waals surface area contributed by atoms with Crippen molar-refractivity contribution in [2.75, 3.05) is 26.7 Å². The van der Waals surface area contributed by atoms with Gasteiger partial charge in [0, 0.05) is 0 Å². The van der Waals surface area contributed by atoms with Crippen LogP contribution in [0.1, 0.15) is 18.4 Å². The lowest BCUT2D eigenvalue weighted by Gasteiger charge is -2.33. The molecule has 25 heavy (non-hydrogen) atoms. The van der Waals surface area contributed by atoms with Crippen LogP contribution in [0.5, 0.6) is 0 Å². The van der Waals surface area contributed by atoms with Gasteiger partial charge < -0.3 is 15.0 Å². The molecule has 1 aliphatic rings. The number of hydrogen-bond donors (Lipinski definition) is 2. The Morgan fingerprint density at radius 1 is 1.28 bits per heavy atom. The molecular weight excluding hydrogens is 342 g/mol. The van der Waals surface area contributed by atoms with Crippen LogP contribution in [-0.4, -0.2) is 58.2 Å². The molecule has 0 radical (unpaired) electrons. The van der Waals surface area contributed by atoms with Gasteiger partial charge in [0.15, 0.2) is 0 Å². The molecule has 1 aromatic rings. The average Bonchev–Trinajstić information content (AvgIpc) is 2.59. The first-order chi connectivity index (χ1) is 11.9. The number of hydrogen-bond acceptors (Lipinski definition) is 5. The zero-order valence-corrected chi connectivity index (χ0v) is 15.2. The third-order valence-corrected chi connectivity index (χ3v) is 5.71. The van der Waals surface area contributed by atoms with Crippen molar-refractivity contribution in [1.82, 2.24) is 14.9 Å². The number of carbonyl (C=O) groups is 2. The van der Waals surface area contributed by atoms with Gasteiger partial charge in [0.25, 0.3) is 0 Å². The van der Waals surface area contributed by atoms with E-state index < -0.39 is 22.0 Å². The second-order valence-electron chi connectivity index (χ2n) is 6.39. The molecule has 7 nitrogen and oxygen atoms in total. The molecule has 0 bridgehead atoms. The molecule has 1 aromatic carbocycles. The highest BCUT2D eigenvalue weighted by Gasteiger charge is 2.33. The molecule has 0 spiro atoms. The summed E-state index contributed by atoms with van der Waals surface area (Å²) in [6.07, 6.45) is 2.04. The molecule has 1 unspecified atom stereocenters.